The van der Waals surface area contributed by atoms with Crippen molar-refractivity contribution < 1.29 is 14.3 Å². The highest BCUT2D eigenvalue weighted by Gasteiger charge is 2.30. The molecule has 0 saturated carbocycles. The van der Waals surface area contributed by atoms with Crippen LogP contribution in [0.4, 0.5) is 0 Å². The molecule has 4 rings (SSSR count). The molecule has 2 aliphatic heterocycles. The van der Waals surface area contributed by atoms with Crippen LogP contribution in [0.5, 0.6) is 11.5 Å². The molecule has 0 aliphatic carbocycles. The molecule has 23 heavy (non-hydrogen) atoms. The van der Waals surface area contributed by atoms with Gasteiger partial charge in [0.25, 0.3) is 5.91 Å². The van der Waals surface area contributed by atoms with Gasteiger partial charge in [0, 0.05) is 37.4 Å². The Labute approximate surface area is 138 Å². The van der Waals surface area contributed by atoms with Gasteiger partial charge < -0.3 is 18.9 Å². The second-order valence-electron chi connectivity index (χ2n) is 5.97. The van der Waals surface area contributed by atoms with Crippen molar-refractivity contribution >= 4 is 17.2 Å². The fourth-order valence-corrected chi connectivity index (χ4v) is 4.14. The molecule has 0 spiro atoms. The van der Waals surface area contributed by atoms with Crippen LogP contribution in [0, 0.1) is 5.92 Å². The summed E-state index contributed by atoms with van der Waals surface area (Å²) in [5.41, 5.74) is 0. The third-order valence-electron chi connectivity index (χ3n) is 4.33. The zero-order chi connectivity index (χ0) is 15.6. The topological polar surface area (TPSA) is 56.6 Å². The largest absolute Gasteiger partial charge is 0.485 e. The summed E-state index contributed by atoms with van der Waals surface area (Å²) in [7, 11) is 0. The SMILES string of the molecule is O=C(c1scc2c1OCCO2)N1CCC[C@@H](Cn2ccnc2)C1. The number of aromatic nitrogens is 2. The zero-order valence-corrected chi connectivity index (χ0v) is 13.6. The average molecular weight is 333 g/mol. The molecule has 1 amide bonds. The minimum absolute atomic E-state index is 0.0667. The van der Waals surface area contributed by atoms with E-state index in [9.17, 15) is 4.79 Å². The average Bonchev–Trinajstić information content (AvgIpc) is 3.24. The van der Waals surface area contributed by atoms with Gasteiger partial charge >= 0.3 is 0 Å². The number of rotatable bonds is 3. The van der Waals surface area contributed by atoms with E-state index in [-0.39, 0.29) is 5.91 Å². The van der Waals surface area contributed by atoms with Gasteiger partial charge in [-0.2, -0.15) is 0 Å². The van der Waals surface area contributed by atoms with Crippen molar-refractivity contribution in [2.75, 3.05) is 26.3 Å². The van der Waals surface area contributed by atoms with Crippen LogP contribution in [0.1, 0.15) is 22.5 Å². The minimum atomic E-state index is 0.0667. The molecule has 4 heterocycles. The van der Waals surface area contributed by atoms with E-state index in [1.54, 1.807) is 6.20 Å². The molecule has 122 valence electrons. The lowest BCUT2D eigenvalue weighted by atomic mass is 9.97. The Morgan fingerprint density at radius 2 is 2.30 bits per heavy atom. The predicted molar refractivity (Wildman–Crippen MR) is 86.2 cm³/mol. The molecular formula is C16H19N3O3S. The number of hydrogen-bond acceptors (Lipinski definition) is 5. The Morgan fingerprint density at radius 1 is 1.39 bits per heavy atom. The van der Waals surface area contributed by atoms with E-state index in [0.717, 1.165) is 32.5 Å². The summed E-state index contributed by atoms with van der Waals surface area (Å²) in [6.07, 6.45) is 7.78. The van der Waals surface area contributed by atoms with E-state index < -0.39 is 0 Å². The van der Waals surface area contributed by atoms with Crippen molar-refractivity contribution in [1.29, 1.82) is 0 Å². The van der Waals surface area contributed by atoms with Crippen LogP contribution >= 0.6 is 11.3 Å². The number of nitrogens with zero attached hydrogens (tertiary/aromatic N) is 3. The number of piperidine rings is 1. The Hall–Kier alpha value is -2.02. The highest BCUT2D eigenvalue weighted by Crippen LogP contribution is 2.40. The summed E-state index contributed by atoms with van der Waals surface area (Å²) in [6, 6.07) is 0. The first kappa shape index (κ1) is 14.6. The van der Waals surface area contributed by atoms with Gasteiger partial charge in [-0.25, -0.2) is 4.98 Å². The second kappa shape index (κ2) is 6.23. The monoisotopic (exact) mass is 333 g/mol. The van der Waals surface area contributed by atoms with Crippen LogP contribution in [0.15, 0.2) is 24.1 Å². The summed E-state index contributed by atoms with van der Waals surface area (Å²) >= 11 is 1.42. The van der Waals surface area contributed by atoms with Crippen molar-refractivity contribution in [3.8, 4) is 11.5 Å². The molecule has 2 aromatic rings. The van der Waals surface area contributed by atoms with Crippen LogP contribution in [-0.4, -0.2) is 46.7 Å². The van der Waals surface area contributed by atoms with Crippen LogP contribution in [-0.2, 0) is 6.54 Å². The third-order valence-corrected chi connectivity index (χ3v) is 5.26. The van der Waals surface area contributed by atoms with Crippen molar-refractivity contribution in [2.24, 2.45) is 5.92 Å². The molecule has 0 N–H and O–H groups in total. The van der Waals surface area contributed by atoms with Crippen LogP contribution in [0.3, 0.4) is 0 Å². The summed E-state index contributed by atoms with van der Waals surface area (Å²) in [6.45, 7) is 3.56. The number of hydrogen-bond donors (Lipinski definition) is 0. The molecule has 2 aliphatic rings. The normalized spacial score (nSPS) is 20.5. The number of carbonyl (C=O) groups is 1. The molecule has 1 fully saturated rings. The van der Waals surface area contributed by atoms with Gasteiger partial charge in [0.2, 0.25) is 0 Å². The molecule has 0 radical (unpaired) electrons. The maximum atomic E-state index is 12.9. The molecule has 0 unspecified atom stereocenters. The lowest BCUT2D eigenvalue weighted by Crippen LogP contribution is -2.41. The molecule has 0 aromatic carbocycles. The van der Waals surface area contributed by atoms with E-state index in [1.807, 2.05) is 22.8 Å². The molecule has 1 atom stereocenters. The summed E-state index contributed by atoms with van der Waals surface area (Å²) in [5.74, 6) is 1.87. The van der Waals surface area contributed by atoms with Crippen LogP contribution in [0.2, 0.25) is 0 Å². The van der Waals surface area contributed by atoms with Gasteiger partial charge in [0.05, 0.1) is 6.33 Å². The Morgan fingerprint density at radius 3 is 3.17 bits per heavy atom. The van der Waals surface area contributed by atoms with Crippen molar-refractivity contribution in [1.82, 2.24) is 14.5 Å². The molecule has 0 bridgehead atoms. The first-order chi connectivity index (χ1) is 11.3. The Balaban J connectivity index is 1.46. The smallest absolute Gasteiger partial charge is 0.267 e. The number of carbonyl (C=O) groups excluding carboxylic acids is 1. The number of amides is 1. The van der Waals surface area contributed by atoms with Crippen molar-refractivity contribution in [2.45, 2.75) is 19.4 Å². The second-order valence-corrected chi connectivity index (χ2v) is 6.85. The van der Waals surface area contributed by atoms with Gasteiger partial charge in [-0.1, -0.05) is 0 Å². The highest BCUT2D eigenvalue weighted by molar-refractivity contribution is 7.12. The molecule has 6 nitrogen and oxygen atoms in total. The molecule has 2 aromatic heterocycles. The van der Waals surface area contributed by atoms with E-state index in [2.05, 4.69) is 9.55 Å². The fraction of sp³-hybridized carbons (Fsp3) is 0.500. The third kappa shape index (κ3) is 2.93. The van der Waals surface area contributed by atoms with Gasteiger partial charge in [0.15, 0.2) is 11.5 Å². The van der Waals surface area contributed by atoms with Gasteiger partial charge in [-0.15, -0.1) is 11.3 Å². The maximum Gasteiger partial charge on any atom is 0.267 e. The van der Waals surface area contributed by atoms with E-state index in [1.165, 1.54) is 11.3 Å². The predicted octanol–water partition coefficient (Wildman–Crippen LogP) is 2.27. The van der Waals surface area contributed by atoms with Crippen LogP contribution in [0.25, 0.3) is 0 Å². The lowest BCUT2D eigenvalue weighted by Gasteiger charge is -2.33. The van der Waals surface area contributed by atoms with E-state index in [0.29, 0.717) is 35.5 Å². The fourth-order valence-electron chi connectivity index (χ4n) is 3.25. The van der Waals surface area contributed by atoms with Gasteiger partial charge in [-0.3, -0.25) is 4.79 Å². The Bertz CT molecular complexity index is 683. The minimum Gasteiger partial charge on any atom is -0.485 e. The maximum absolute atomic E-state index is 12.9. The zero-order valence-electron chi connectivity index (χ0n) is 12.8. The Kier molecular flexibility index (Phi) is 3.95. The lowest BCUT2D eigenvalue weighted by molar-refractivity contribution is 0.0659. The standard InChI is InChI=1S/C16H19N3O3S/c20-16(15-14-13(10-23-15)21-6-7-22-14)19-4-1-2-12(9-19)8-18-5-3-17-11-18/h3,5,10-12H,1-2,4,6-9H2/t12-/m0/s1. The molecule has 7 heteroatoms. The summed E-state index contributed by atoms with van der Waals surface area (Å²) in [5, 5.41) is 1.87. The summed E-state index contributed by atoms with van der Waals surface area (Å²) in [4.78, 5) is 19.6. The van der Waals surface area contributed by atoms with Crippen molar-refractivity contribution in [3.05, 3.63) is 29.0 Å². The van der Waals surface area contributed by atoms with Crippen LogP contribution < -0.4 is 9.47 Å². The first-order valence-electron chi connectivity index (χ1n) is 7.93. The molecular weight excluding hydrogens is 314 g/mol. The highest BCUT2D eigenvalue weighted by atomic mass is 32.1. The summed E-state index contributed by atoms with van der Waals surface area (Å²) < 4.78 is 13.3. The van der Waals surface area contributed by atoms with Gasteiger partial charge in [-0.05, 0) is 18.8 Å². The van der Waals surface area contributed by atoms with Crippen molar-refractivity contribution in [3.63, 3.8) is 0 Å². The van der Waals surface area contributed by atoms with E-state index in [4.69, 9.17) is 9.47 Å². The van der Waals surface area contributed by atoms with E-state index >= 15 is 0 Å². The number of imidazole rings is 1. The quantitative estimate of drug-likeness (QED) is 0.865. The number of likely N-dealkylation sites (tertiary alicyclic amines) is 1. The molecule has 1 saturated heterocycles. The number of fused-ring (bicyclic) bond motifs is 1. The number of thiophene rings is 1. The number of ether oxygens (including phenoxy) is 2. The van der Waals surface area contributed by atoms with Gasteiger partial charge in [0.1, 0.15) is 18.1 Å². The first-order valence-corrected chi connectivity index (χ1v) is 8.81.